The first kappa shape index (κ1) is 14.4. The summed E-state index contributed by atoms with van der Waals surface area (Å²) in [5.74, 6) is -0.896. The molecule has 20 heavy (non-hydrogen) atoms. The molecule has 2 aromatic heterocycles. The summed E-state index contributed by atoms with van der Waals surface area (Å²) in [5.41, 5.74) is 1.12. The lowest BCUT2D eigenvalue weighted by molar-refractivity contribution is 0.102. The van der Waals surface area contributed by atoms with Crippen LogP contribution < -0.4 is 5.32 Å². The largest absolute Gasteiger partial charge is 0.306 e. The van der Waals surface area contributed by atoms with Crippen LogP contribution in [0.4, 0.5) is 10.2 Å². The van der Waals surface area contributed by atoms with E-state index >= 15 is 0 Å². The van der Waals surface area contributed by atoms with Gasteiger partial charge in [-0.1, -0.05) is 31.0 Å². The molecule has 6 heteroatoms. The Morgan fingerprint density at radius 3 is 2.85 bits per heavy atom. The molecule has 1 N–H and O–H groups in total. The second kappa shape index (κ2) is 6.43. The van der Waals surface area contributed by atoms with Crippen molar-refractivity contribution in [2.45, 2.75) is 19.8 Å². The topological polar surface area (TPSA) is 54.9 Å². The molecule has 0 atom stereocenters. The highest BCUT2D eigenvalue weighted by Crippen LogP contribution is 2.14. The van der Waals surface area contributed by atoms with Gasteiger partial charge in [0.25, 0.3) is 5.91 Å². The Bertz CT molecular complexity index is 634. The van der Waals surface area contributed by atoms with Gasteiger partial charge in [0.05, 0.1) is 0 Å². The highest BCUT2D eigenvalue weighted by atomic mass is 35.5. The Morgan fingerprint density at radius 1 is 1.35 bits per heavy atom. The maximum atomic E-state index is 13.0. The molecule has 1 amide bonds. The molecule has 0 bridgehead atoms. The van der Waals surface area contributed by atoms with Crippen LogP contribution >= 0.6 is 11.6 Å². The van der Waals surface area contributed by atoms with Crippen LogP contribution in [-0.2, 0) is 6.42 Å². The van der Waals surface area contributed by atoms with Crippen molar-refractivity contribution in [3.63, 3.8) is 0 Å². The van der Waals surface area contributed by atoms with E-state index in [0.717, 1.165) is 18.5 Å². The molecular weight excluding hydrogens is 281 g/mol. The second-order valence-electron chi connectivity index (χ2n) is 4.22. The van der Waals surface area contributed by atoms with Crippen molar-refractivity contribution in [2.24, 2.45) is 0 Å². The van der Waals surface area contributed by atoms with E-state index in [1.54, 1.807) is 6.07 Å². The summed E-state index contributed by atoms with van der Waals surface area (Å²) >= 11 is 5.89. The summed E-state index contributed by atoms with van der Waals surface area (Å²) in [7, 11) is 0. The maximum Gasteiger partial charge on any atom is 0.256 e. The summed E-state index contributed by atoms with van der Waals surface area (Å²) in [4.78, 5) is 19.8. The molecule has 0 fully saturated rings. The number of carbonyl (C=O) groups excluding carboxylic acids is 1. The SMILES string of the molecule is CCCc1cc(C(=O)Nc2cccc(F)n2)cc(Cl)n1. The first-order valence-electron chi connectivity index (χ1n) is 6.19. The Labute approximate surface area is 121 Å². The fourth-order valence-corrected chi connectivity index (χ4v) is 1.96. The van der Waals surface area contributed by atoms with E-state index in [0.29, 0.717) is 5.56 Å². The van der Waals surface area contributed by atoms with Gasteiger partial charge in [-0.15, -0.1) is 0 Å². The molecule has 0 aliphatic heterocycles. The normalized spacial score (nSPS) is 10.3. The van der Waals surface area contributed by atoms with Gasteiger partial charge in [0, 0.05) is 11.3 Å². The summed E-state index contributed by atoms with van der Waals surface area (Å²) in [6, 6.07) is 7.33. The zero-order chi connectivity index (χ0) is 14.5. The van der Waals surface area contributed by atoms with Gasteiger partial charge in [0.15, 0.2) is 0 Å². The van der Waals surface area contributed by atoms with Crippen LogP contribution in [0.5, 0.6) is 0 Å². The van der Waals surface area contributed by atoms with Crippen molar-refractivity contribution in [1.29, 1.82) is 0 Å². The molecule has 0 saturated heterocycles. The zero-order valence-electron chi connectivity index (χ0n) is 10.9. The fraction of sp³-hybridized carbons (Fsp3) is 0.214. The third-order valence-electron chi connectivity index (χ3n) is 2.57. The van der Waals surface area contributed by atoms with Crippen LogP contribution in [0.25, 0.3) is 0 Å². The smallest absolute Gasteiger partial charge is 0.256 e. The number of nitrogens with one attached hydrogen (secondary N) is 1. The number of nitrogens with zero attached hydrogens (tertiary/aromatic N) is 2. The van der Waals surface area contributed by atoms with Crippen LogP contribution in [0.15, 0.2) is 30.3 Å². The van der Waals surface area contributed by atoms with E-state index in [2.05, 4.69) is 15.3 Å². The molecule has 0 aromatic carbocycles. The second-order valence-corrected chi connectivity index (χ2v) is 4.61. The molecule has 2 rings (SSSR count). The lowest BCUT2D eigenvalue weighted by atomic mass is 10.1. The van der Waals surface area contributed by atoms with Gasteiger partial charge in [-0.25, -0.2) is 9.97 Å². The number of pyridine rings is 2. The molecule has 2 aromatic rings. The minimum absolute atomic E-state index is 0.153. The minimum Gasteiger partial charge on any atom is -0.306 e. The number of hydrogen-bond acceptors (Lipinski definition) is 3. The van der Waals surface area contributed by atoms with Gasteiger partial charge < -0.3 is 5.32 Å². The number of hydrogen-bond donors (Lipinski definition) is 1. The molecule has 0 aliphatic carbocycles. The van der Waals surface area contributed by atoms with Gasteiger partial charge >= 0.3 is 0 Å². The van der Waals surface area contributed by atoms with Crippen molar-refractivity contribution in [2.75, 3.05) is 5.32 Å². The van der Waals surface area contributed by atoms with E-state index in [4.69, 9.17) is 11.6 Å². The lowest BCUT2D eigenvalue weighted by Gasteiger charge is -2.06. The number of halogens is 2. The number of aromatic nitrogens is 2. The molecule has 0 radical (unpaired) electrons. The van der Waals surface area contributed by atoms with E-state index in [1.165, 1.54) is 24.3 Å². The minimum atomic E-state index is -0.651. The van der Waals surface area contributed by atoms with E-state index in [9.17, 15) is 9.18 Å². The third-order valence-corrected chi connectivity index (χ3v) is 2.77. The molecular formula is C14H13ClFN3O. The van der Waals surface area contributed by atoms with Crippen LogP contribution in [0, 0.1) is 5.95 Å². The van der Waals surface area contributed by atoms with Gasteiger partial charge in [0.2, 0.25) is 5.95 Å². The van der Waals surface area contributed by atoms with Crippen molar-refractivity contribution in [3.8, 4) is 0 Å². The monoisotopic (exact) mass is 293 g/mol. The first-order valence-corrected chi connectivity index (χ1v) is 6.56. The highest BCUT2D eigenvalue weighted by molar-refractivity contribution is 6.29. The number of carbonyl (C=O) groups is 1. The molecule has 2 heterocycles. The molecule has 0 saturated carbocycles. The molecule has 0 spiro atoms. The average Bonchev–Trinajstić information content (AvgIpc) is 2.38. The molecule has 0 aliphatic rings. The summed E-state index contributed by atoms with van der Waals surface area (Å²) in [5, 5.41) is 2.78. The van der Waals surface area contributed by atoms with Gasteiger partial charge in [0.1, 0.15) is 11.0 Å². The number of anilines is 1. The lowest BCUT2D eigenvalue weighted by Crippen LogP contribution is -2.14. The Morgan fingerprint density at radius 2 is 2.15 bits per heavy atom. The van der Waals surface area contributed by atoms with Gasteiger partial charge in [-0.05, 0) is 30.7 Å². The predicted molar refractivity (Wildman–Crippen MR) is 75.4 cm³/mol. The van der Waals surface area contributed by atoms with Gasteiger partial charge in [-0.3, -0.25) is 4.79 Å². The fourth-order valence-electron chi connectivity index (χ4n) is 1.73. The molecule has 104 valence electrons. The Balaban J connectivity index is 2.20. The van der Waals surface area contributed by atoms with E-state index in [-0.39, 0.29) is 11.0 Å². The van der Waals surface area contributed by atoms with Crippen molar-refractivity contribution >= 4 is 23.3 Å². The third kappa shape index (κ3) is 3.74. The van der Waals surface area contributed by atoms with Crippen LogP contribution in [-0.4, -0.2) is 15.9 Å². The number of rotatable bonds is 4. The van der Waals surface area contributed by atoms with E-state index in [1.807, 2.05) is 6.92 Å². The average molecular weight is 294 g/mol. The van der Waals surface area contributed by atoms with E-state index < -0.39 is 11.9 Å². The van der Waals surface area contributed by atoms with Crippen LogP contribution in [0.1, 0.15) is 29.4 Å². The quantitative estimate of drug-likeness (QED) is 0.878. The van der Waals surface area contributed by atoms with Crippen molar-refractivity contribution < 1.29 is 9.18 Å². The first-order chi connectivity index (χ1) is 9.58. The predicted octanol–water partition coefficient (Wildman–Crippen LogP) is 3.47. The Kier molecular flexibility index (Phi) is 4.63. The van der Waals surface area contributed by atoms with Crippen molar-refractivity contribution in [3.05, 3.63) is 52.7 Å². The molecule has 4 nitrogen and oxygen atoms in total. The summed E-state index contributed by atoms with van der Waals surface area (Å²) in [6.45, 7) is 2.01. The van der Waals surface area contributed by atoms with Crippen LogP contribution in [0.3, 0.4) is 0 Å². The van der Waals surface area contributed by atoms with Crippen molar-refractivity contribution in [1.82, 2.24) is 9.97 Å². The van der Waals surface area contributed by atoms with Crippen LogP contribution in [0.2, 0.25) is 5.15 Å². The maximum absolute atomic E-state index is 13.0. The number of aryl methyl sites for hydroxylation is 1. The standard InChI is InChI=1S/C14H13ClFN3O/c1-2-4-10-7-9(8-11(15)17-10)14(20)19-13-6-3-5-12(16)18-13/h3,5-8H,2,4H2,1H3,(H,18,19,20). The van der Waals surface area contributed by atoms with Gasteiger partial charge in [-0.2, -0.15) is 4.39 Å². The summed E-state index contributed by atoms with van der Waals surface area (Å²) in [6.07, 6.45) is 1.64. The Hall–Kier alpha value is -2.01. The zero-order valence-corrected chi connectivity index (χ0v) is 11.6. The summed E-state index contributed by atoms with van der Waals surface area (Å²) < 4.78 is 13.0. The highest BCUT2D eigenvalue weighted by Gasteiger charge is 2.10. The molecule has 0 unspecified atom stereocenters. The number of amides is 1.